The maximum absolute atomic E-state index is 12.5. The van der Waals surface area contributed by atoms with Crippen molar-refractivity contribution in [3.05, 3.63) is 29.8 Å². The molecule has 7 heteroatoms. The number of hydrogen-bond donors (Lipinski definition) is 2. The largest absolute Gasteiger partial charge is 0.465 e. The molecule has 1 heterocycles. The number of nitrogens with one attached hydrogen (secondary N) is 2. The van der Waals surface area contributed by atoms with Crippen LogP contribution in [-0.4, -0.2) is 40.6 Å². The van der Waals surface area contributed by atoms with Gasteiger partial charge in [-0.25, -0.2) is 17.9 Å². The smallest absolute Gasteiger partial charge is 0.337 e. The molecule has 0 bridgehead atoms. The van der Waals surface area contributed by atoms with Crippen LogP contribution in [0.3, 0.4) is 0 Å². The Morgan fingerprint density at radius 3 is 2.86 bits per heavy atom. The number of hydrogen-bond acceptors (Lipinski definition) is 5. The van der Waals surface area contributed by atoms with Gasteiger partial charge >= 0.3 is 5.97 Å². The molecule has 6 nitrogen and oxygen atoms in total. The lowest BCUT2D eigenvalue weighted by Crippen LogP contribution is -2.44. The van der Waals surface area contributed by atoms with Crippen LogP contribution in [0.5, 0.6) is 0 Å². The summed E-state index contributed by atoms with van der Waals surface area (Å²) in [5.41, 5.74) is 0.220. The highest BCUT2D eigenvalue weighted by molar-refractivity contribution is 7.89. The van der Waals surface area contributed by atoms with Crippen LogP contribution in [0, 0.1) is 5.92 Å². The highest BCUT2D eigenvalue weighted by Gasteiger charge is 2.25. The van der Waals surface area contributed by atoms with Crippen molar-refractivity contribution in [2.24, 2.45) is 5.92 Å². The lowest BCUT2D eigenvalue weighted by molar-refractivity contribution is 0.0600. The first-order valence-electron chi connectivity index (χ1n) is 7.35. The van der Waals surface area contributed by atoms with E-state index >= 15 is 0 Å². The van der Waals surface area contributed by atoms with Crippen LogP contribution < -0.4 is 10.0 Å². The van der Waals surface area contributed by atoms with Crippen molar-refractivity contribution in [2.75, 3.05) is 20.2 Å². The number of carbonyl (C=O) groups excluding carboxylic acids is 1. The fourth-order valence-electron chi connectivity index (χ4n) is 2.62. The van der Waals surface area contributed by atoms with Crippen LogP contribution >= 0.6 is 0 Å². The van der Waals surface area contributed by atoms with Gasteiger partial charge in [0.2, 0.25) is 10.0 Å². The summed E-state index contributed by atoms with van der Waals surface area (Å²) in [7, 11) is -2.39. The van der Waals surface area contributed by atoms with Gasteiger partial charge in [0, 0.05) is 6.04 Å². The van der Waals surface area contributed by atoms with E-state index in [1.807, 2.05) is 6.92 Å². The van der Waals surface area contributed by atoms with E-state index in [0.717, 1.165) is 25.9 Å². The third-order valence-electron chi connectivity index (χ3n) is 3.95. The summed E-state index contributed by atoms with van der Waals surface area (Å²) in [6.45, 7) is 3.67. The zero-order valence-corrected chi connectivity index (χ0v) is 13.7. The maximum atomic E-state index is 12.5. The number of esters is 1. The molecule has 0 aromatic heterocycles. The van der Waals surface area contributed by atoms with E-state index in [1.165, 1.54) is 31.4 Å². The summed E-state index contributed by atoms with van der Waals surface area (Å²) in [4.78, 5) is 11.6. The van der Waals surface area contributed by atoms with Gasteiger partial charge in [-0.15, -0.1) is 0 Å². The molecule has 0 saturated carbocycles. The summed E-state index contributed by atoms with van der Waals surface area (Å²) in [6, 6.07) is 5.70. The number of rotatable bonds is 5. The molecule has 2 N–H and O–H groups in total. The van der Waals surface area contributed by atoms with Crippen molar-refractivity contribution in [1.82, 2.24) is 10.0 Å². The second-order valence-corrected chi connectivity index (χ2v) is 7.25. The molecule has 22 heavy (non-hydrogen) atoms. The van der Waals surface area contributed by atoms with Crippen molar-refractivity contribution in [1.29, 1.82) is 0 Å². The minimum absolute atomic E-state index is 0.0750. The second-order valence-electron chi connectivity index (χ2n) is 5.54. The Labute approximate surface area is 131 Å². The van der Waals surface area contributed by atoms with E-state index in [1.54, 1.807) is 0 Å². The average Bonchev–Trinajstić information content (AvgIpc) is 2.54. The molecule has 1 saturated heterocycles. The minimum Gasteiger partial charge on any atom is -0.465 e. The van der Waals surface area contributed by atoms with E-state index in [9.17, 15) is 13.2 Å². The predicted molar refractivity (Wildman–Crippen MR) is 83.2 cm³/mol. The number of piperidine rings is 1. The molecular formula is C15H22N2O4S. The third kappa shape index (κ3) is 4.06. The number of benzene rings is 1. The molecule has 2 rings (SSSR count). The monoisotopic (exact) mass is 326 g/mol. The zero-order chi connectivity index (χ0) is 16.2. The number of sulfonamides is 1. The normalized spacial score (nSPS) is 20.4. The van der Waals surface area contributed by atoms with E-state index in [4.69, 9.17) is 0 Å². The molecule has 1 aliphatic rings. The van der Waals surface area contributed by atoms with E-state index < -0.39 is 16.0 Å². The molecule has 0 spiro atoms. The van der Waals surface area contributed by atoms with Crippen molar-refractivity contribution in [3.8, 4) is 0 Å². The zero-order valence-electron chi connectivity index (χ0n) is 12.8. The Morgan fingerprint density at radius 2 is 2.23 bits per heavy atom. The van der Waals surface area contributed by atoms with E-state index in [2.05, 4.69) is 14.8 Å². The molecule has 0 aliphatic carbocycles. The molecule has 0 radical (unpaired) electrons. The Hall–Kier alpha value is -1.44. The van der Waals surface area contributed by atoms with Crippen molar-refractivity contribution in [3.63, 3.8) is 0 Å². The molecule has 1 aromatic carbocycles. The molecule has 1 aliphatic heterocycles. The molecule has 2 unspecified atom stereocenters. The summed E-state index contributed by atoms with van der Waals surface area (Å²) in [6.07, 6.45) is 2.05. The lowest BCUT2D eigenvalue weighted by Gasteiger charge is -2.28. The van der Waals surface area contributed by atoms with Gasteiger partial charge in [0.1, 0.15) is 0 Å². The first kappa shape index (κ1) is 16.9. The molecule has 1 fully saturated rings. The van der Waals surface area contributed by atoms with Crippen LogP contribution in [-0.2, 0) is 14.8 Å². The third-order valence-corrected chi connectivity index (χ3v) is 5.51. The molecule has 2 atom stereocenters. The first-order chi connectivity index (χ1) is 10.4. The highest BCUT2D eigenvalue weighted by atomic mass is 32.2. The van der Waals surface area contributed by atoms with Crippen molar-refractivity contribution in [2.45, 2.75) is 30.7 Å². The van der Waals surface area contributed by atoms with Crippen molar-refractivity contribution < 1.29 is 17.9 Å². The fraction of sp³-hybridized carbons (Fsp3) is 0.533. The van der Waals surface area contributed by atoms with Gasteiger partial charge in [0.15, 0.2) is 0 Å². The summed E-state index contributed by atoms with van der Waals surface area (Å²) in [5.74, 6) is -0.283. The van der Waals surface area contributed by atoms with Crippen LogP contribution in [0.2, 0.25) is 0 Å². The number of ether oxygens (including phenoxy) is 1. The van der Waals surface area contributed by atoms with Gasteiger partial charge in [-0.2, -0.15) is 0 Å². The topological polar surface area (TPSA) is 84.5 Å². The van der Waals surface area contributed by atoms with Crippen LogP contribution in [0.1, 0.15) is 30.1 Å². The molecule has 0 amide bonds. The average molecular weight is 326 g/mol. The van der Waals surface area contributed by atoms with Gasteiger partial charge in [-0.1, -0.05) is 6.07 Å². The minimum atomic E-state index is -3.66. The van der Waals surface area contributed by atoms with E-state index in [-0.39, 0.29) is 22.4 Å². The van der Waals surface area contributed by atoms with Crippen molar-refractivity contribution >= 4 is 16.0 Å². The van der Waals surface area contributed by atoms with Crippen LogP contribution in [0.4, 0.5) is 0 Å². The first-order valence-corrected chi connectivity index (χ1v) is 8.84. The quantitative estimate of drug-likeness (QED) is 0.793. The Morgan fingerprint density at radius 1 is 1.45 bits per heavy atom. The molecule has 1 aromatic rings. The van der Waals surface area contributed by atoms with Gasteiger partial charge in [0.05, 0.1) is 17.6 Å². The summed E-state index contributed by atoms with van der Waals surface area (Å²) in [5, 5.41) is 3.28. The standard InChI is InChI=1S/C15H22N2O4S/c1-11(13-6-4-8-16-10-13)17-22(19,20)14-7-3-5-12(9-14)15(18)21-2/h3,5,7,9,11,13,16-17H,4,6,8,10H2,1-2H3. The van der Waals surface area contributed by atoms with Gasteiger partial charge in [-0.05, 0) is 57.0 Å². The molecule has 122 valence electrons. The van der Waals surface area contributed by atoms with Gasteiger partial charge in [-0.3, -0.25) is 0 Å². The predicted octanol–water partition coefficient (Wildman–Crippen LogP) is 1.14. The van der Waals surface area contributed by atoms with Crippen LogP contribution in [0.15, 0.2) is 29.2 Å². The Kier molecular flexibility index (Phi) is 5.55. The molecular weight excluding hydrogens is 304 g/mol. The van der Waals surface area contributed by atoms with Gasteiger partial charge < -0.3 is 10.1 Å². The van der Waals surface area contributed by atoms with Crippen LogP contribution in [0.25, 0.3) is 0 Å². The number of methoxy groups -OCH3 is 1. The SMILES string of the molecule is COC(=O)c1cccc(S(=O)(=O)NC(C)C2CCCNC2)c1. The fourth-order valence-corrected chi connectivity index (χ4v) is 3.98. The number of carbonyl (C=O) groups is 1. The summed E-state index contributed by atoms with van der Waals surface area (Å²) < 4.78 is 32.3. The summed E-state index contributed by atoms with van der Waals surface area (Å²) >= 11 is 0. The Bertz CT molecular complexity index is 624. The maximum Gasteiger partial charge on any atom is 0.337 e. The Balaban J connectivity index is 2.14. The van der Waals surface area contributed by atoms with E-state index in [0.29, 0.717) is 0 Å². The van der Waals surface area contributed by atoms with Gasteiger partial charge in [0.25, 0.3) is 0 Å². The second kappa shape index (κ2) is 7.21. The highest BCUT2D eigenvalue weighted by Crippen LogP contribution is 2.18. The lowest BCUT2D eigenvalue weighted by atomic mass is 9.94.